The molecule has 0 bridgehead atoms. The molecule has 1 aliphatic heterocycles. The Morgan fingerprint density at radius 3 is 2.35 bits per heavy atom. The van der Waals surface area contributed by atoms with Gasteiger partial charge in [-0.25, -0.2) is 0 Å². The lowest BCUT2D eigenvalue weighted by molar-refractivity contribution is -0.130. The number of hydrogen-bond acceptors (Lipinski definition) is 3. The Kier molecular flexibility index (Phi) is 6.09. The van der Waals surface area contributed by atoms with E-state index < -0.39 is 0 Å². The summed E-state index contributed by atoms with van der Waals surface area (Å²) in [6, 6.07) is 12.1. The Balaban J connectivity index is 1.56. The van der Waals surface area contributed by atoms with Crippen molar-refractivity contribution < 1.29 is 9.59 Å². The molecule has 1 saturated heterocycles. The number of hydrogen-bond donors (Lipinski definition) is 0. The Labute approximate surface area is 159 Å². The molecule has 1 aromatic heterocycles. The summed E-state index contributed by atoms with van der Waals surface area (Å²) in [4.78, 5) is 29.7. The van der Waals surface area contributed by atoms with Gasteiger partial charge < -0.3 is 9.80 Å². The highest BCUT2D eigenvalue weighted by Crippen LogP contribution is 2.17. The van der Waals surface area contributed by atoms with Gasteiger partial charge >= 0.3 is 0 Å². The van der Waals surface area contributed by atoms with E-state index in [9.17, 15) is 9.59 Å². The first kappa shape index (κ1) is 18.6. The molecule has 0 spiro atoms. The van der Waals surface area contributed by atoms with Crippen LogP contribution in [0.4, 0.5) is 0 Å². The van der Waals surface area contributed by atoms with Crippen LogP contribution < -0.4 is 0 Å². The fourth-order valence-electron chi connectivity index (χ4n) is 3.23. The average molecular weight is 371 g/mol. The second-order valence-corrected chi connectivity index (χ2v) is 8.02. The van der Waals surface area contributed by atoms with Crippen LogP contribution in [0.15, 0.2) is 41.8 Å². The van der Waals surface area contributed by atoms with Crippen molar-refractivity contribution >= 4 is 23.2 Å². The van der Waals surface area contributed by atoms with Crippen molar-refractivity contribution in [3.05, 3.63) is 57.8 Å². The van der Waals surface area contributed by atoms with E-state index in [-0.39, 0.29) is 11.8 Å². The van der Waals surface area contributed by atoms with Crippen molar-refractivity contribution in [2.24, 2.45) is 0 Å². The van der Waals surface area contributed by atoms with Gasteiger partial charge in [-0.1, -0.05) is 44.2 Å². The smallest absolute Gasteiger partial charge is 0.263 e. The molecule has 0 saturated carbocycles. The lowest BCUT2D eigenvalue weighted by Crippen LogP contribution is -2.37. The minimum Gasteiger partial charge on any atom is -0.341 e. The average Bonchev–Trinajstić information content (AvgIpc) is 3.06. The van der Waals surface area contributed by atoms with E-state index >= 15 is 0 Å². The van der Waals surface area contributed by atoms with E-state index in [0.717, 1.165) is 23.4 Å². The van der Waals surface area contributed by atoms with Crippen LogP contribution in [0.5, 0.6) is 0 Å². The van der Waals surface area contributed by atoms with Gasteiger partial charge in [-0.2, -0.15) is 0 Å². The number of nitrogens with zero attached hydrogens (tertiary/aromatic N) is 2. The molecular weight excluding hydrogens is 344 g/mol. The van der Waals surface area contributed by atoms with Crippen molar-refractivity contribution in [1.82, 2.24) is 9.80 Å². The number of benzene rings is 1. The Hall–Kier alpha value is -2.14. The molecule has 5 heteroatoms. The van der Waals surface area contributed by atoms with Gasteiger partial charge in [-0.05, 0) is 34.9 Å². The van der Waals surface area contributed by atoms with Crippen molar-refractivity contribution in [3.63, 3.8) is 0 Å². The zero-order chi connectivity index (χ0) is 18.5. The lowest BCUT2D eigenvalue weighted by Gasteiger charge is -2.22. The van der Waals surface area contributed by atoms with Gasteiger partial charge in [0, 0.05) is 26.2 Å². The van der Waals surface area contributed by atoms with Crippen LogP contribution in [0.1, 0.15) is 47.0 Å². The fourth-order valence-corrected chi connectivity index (χ4v) is 3.92. The minimum atomic E-state index is 0.0820. The third-order valence-corrected chi connectivity index (χ3v) is 5.73. The van der Waals surface area contributed by atoms with E-state index in [4.69, 9.17) is 0 Å². The highest BCUT2D eigenvalue weighted by molar-refractivity contribution is 7.12. The molecule has 0 N–H and O–H groups in total. The number of amides is 2. The van der Waals surface area contributed by atoms with Gasteiger partial charge in [0.15, 0.2) is 0 Å². The predicted octanol–water partition coefficient (Wildman–Crippen LogP) is 3.79. The van der Waals surface area contributed by atoms with E-state index in [1.165, 1.54) is 16.9 Å². The Morgan fingerprint density at radius 1 is 1.00 bits per heavy atom. The van der Waals surface area contributed by atoms with E-state index in [1.54, 1.807) is 0 Å². The molecule has 138 valence electrons. The van der Waals surface area contributed by atoms with Crippen LogP contribution in [0.3, 0.4) is 0 Å². The summed E-state index contributed by atoms with van der Waals surface area (Å²) >= 11 is 1.47. The van der Waals surface area contributed by atoms with Gasteiger partial charge in [-0.3, -0.25) is 9.59 Å². The third kappa shape index (κ3) is 4.52. The highest BCUT2D eigenvalue weighted by Gasteiger charge is 2.23. The van der Waals surface area contributed by atoms with E-state index in [1.807, 2.05) is 27.3 Å². The molecule has 1 fully saturated rings. The Bertz CT molecular complexity index is 738. The molecule has 2 heterocycles. The van der Waals surface area contributed by atoms with E-state index in [2.05, 4.69) is 38.1 Å². The van der Waals surface area contributed by atoms with Crippen LogP contribution in [0.25, 0.3) is 0 Å². The van der Waals surface area contributed by atoms with Gasteiger partial charge in [0.1, 0.15) is 0 Å². The summed E-state index contributed by atoms with van der Waals surface area (Å²) < 4.78 is 0. The van der Waals surface area contributed by atoms with Crippen LogP contribution in [-0.4, -0.2) is 47.8 Å². The van der Waals surface area contributed by atoms with Gasteiger partial charge in [0.05, 0.1) is 11.3 Å². The molecule has 0 unspecified atom stereocenters. The second-order valence-electron chi connectivity index (χ2n) is 7.08. The first-order valence-electron chi connectivity index (χ1n) is 9.24. The van der Waals surface area contributed by atoms with Crippen molar-refractivity contribution in [3.8, 4) is 0 Å². The zero-order valence-electron chi connectivity index (χ0n) is 15.5. The van der Waals surface area contributed by atoms with E-state index in [0.29, 0.717) is 32.0 Å². The Morgan fingerprint density at radius 2 is 1.69 bits per heavy atom. The summed E-state index contributed by atoms with van der Waals surface area (Å²) in [6.45, 7) is 6.98. The quantitative estimate of drug-likeness (QED) is 0.822. The summed E-state index contributed by atoms with van der Waals surface area (Å²) in [5.74, 6) is 0.725. The van der Waals surface area contributed by atoms with Crippen LogP contribution in [-0.2, 0) is 11.2 Å². The number of thiophene rings is 1. The molecular formula is C21H26N2O2S. The van der Waals surface area contributed by atoms with Crippen LogP contribution in [0.2, 0.25) is 0 Å². The first-order chi connectivity index (χ1) is 12.5. The first-order valence-corrected chi connectivity index (χ1v) is 10.1. The molecule has 3 rings (SSSR count). The van der Waals surface area contributed by atoms with Crippen LogP contribution in [0, 0.1) is 0 Å². The predicted molar refractivity (Wildman–Crippen MR) is 106 cm³/mol. The topological polar surface area (TPSA) is 40.6 Å². The van der Waals surface area contributed by atoms with Crippen LogP contribution >= 0.6 is 11.3 Å². The number of rotatable bonds is 4. The fraction of sp³-hybridized carbons (Fsp3) is 0.429. The normalized spacial score (nSPS) is 15.2. The summed E-state index contributed by atoms with van der Waals surface area (Å²) in [5, 5.41) is 1.92. The minimum absolute atomic E-state index is 0.0820. The highest BCUT2D eigenvalue weighted by atomic mass is 32.1. The molecule has 4 nitrogen and oxygen atoms in total. The largest absolute Gasteiger partial charge is 0.341 e. The third-order valence-electron chi connectivity index (χ3n) is 4.87. The number of carbonyl (C=O) groups excluding carboxylic acids is 2. The summed E-state index contributed by atoms with van der Waals surface area (Å²) in [7, 11) is 0. The lowest BCUT2D eigenvalue weighted by atomic mass is 10.0. The summed E-state index contributed by atoms with van der Waals surface area (Å²) in [6.07, 6.45) is 1.26. The second kappa shape index (κ2) is 8.49. The molecule has 2 aromatic rings. The van der Waals surface area contributed by atoms with Crippen molar-refractivity contribution in [2.45, 2.75) is 32.6 Å². The maximum Gasteiger partial charge on any atom is 0.263 e. The maximum atomic E-state index is 12.7. The van der Waals surface area contributed by atoms with Gasteiger partial charge in [0.25, 0.3) is 5.91 Å². The molecule has 2 amide bonds. The molecule has 1 aromatic carbocycles. The molecule has 0 atom stereocenters. The molecule has 26 heavy (non-hydrogen) atoms. The number of carbonyl (C=O) groups is 2. The SMILES string of the molecule is CC(C)c1ccc(CC(=O)N2CCCN(C(=O)c3cccs3)CC2)cc1. The summed E-state index contributed by atoms with van der Waals surface area (Å²) in [5.41, 5.74) is 2.34. The maximum absolute atomic E-state index is 12.7. The molecule has 0 aliphatic carbocycles. The molecule has 1 aliphatic rings. The van der Waals surface area contributed by atoms with Gasteiger partial charge in [0.2, 0.25) is 5.91 Å². The monoisotopic (exact) mass is 370 g/mol. The van der Waals surface area contributed by atoms with Crippen molar-refractivity contribution in [2.75, 3.05) is 26.2 Å². The molecule has 0 radical (unpaired) electrons. The standard InChI is InChI=1S/C21H26N2O2S/c1-16(2)18-8-6-17(7-9-18)15-20(24)22-10-4-11-23(13-12-22)21(25)19-5-3-14-26-19/h3,5-9,14,16H,4,10-13,15H2,1-2H3. The van der Waals surface area contributed by atoms with Gasteiger partial charge in [-0.15, -0.1) is 11.3 Å². The zero-order valence-corrected chi connectivity index (χ0v) is 16.3. The van der Waals surface area contributed by atoms with Crippen molar-refractivity contribution in [1.29, 1.82) is 0 Å².